The lowest BCUT2D eigenvalue weighted by atomic mass is 9.67. The van der Waals surface area contributed by atoms with Gasteiger partial charge >= 0.3 is 12.4 Å². The van der Waals surface area contributed by atoms with Gasteiger partial charge in [-0.3, -0.25) is 4.70 Å². The van der Waals surface area contributed by atoms with Gasteiger partial charge in [0.1, 0.15) is 0 Å². The van der Waals surface area contributed by atoms with Gasteiger partial charge in [-0.15, -0.1) is 0 Å². The molecule has 1 fully saturated rings. The van der Waals surface area contributed by atoms with E-state index in [1.165, 1.54) is 13.8 Å². The zero-order chi connectivity index (χ0) is 17.6. The third kappa shape index (κ3) is 4.07. The highest BCUT2D eigenvalue weighted by Crippen LogP contribution is 2.57. The van der Waals surface area contributed by atoms with E-state index in [9.17, 15) is 35.1 Å². The second-order valence-electron chi connectivity index (χ2n) is 6.55. The summed E-state index contributed by atoms with van der Waals surface area (Å²) < 4.78 is 105. The fraction of sp³-hybridized carbons (Fsp3) is 1.00. The first-order chi connectivity index (χ1) is 9.66. The van der Waals surface area contributed by atoms with Crippen molar-refractivity contribution in [3.05, 3.63) is 0 Å². The highest BCUT2D eigenvalue weighted by molar-refractivity contribution is 4.96. The summed E-state index contributed by atoms with van der Waals surface area (Å²) in [7, 11) is 0. The molecule has 3 unspecified atom stereocenters. The second kappa shape index (κ2) is 6.70. The van der Waals surface area contributed by atoms with Gasteiger partial charge in [-0.25, -0.2) is 8.78 Å². The van der Waals surface area contributed by atoms with Gasteiger partial charge in [-0.1, -0.05) is 13.8 Å². The van der Waals surface area contributed by atoms with Gasteiger partial charge in [0.15, 0.2) is 5.41 Å². The Balaban J connectivity index is 0.00000484. The van der Waals surface area contributed by atoms with Crippen molar-refractivity contribution in [3.8, 4) is 0 Å². The van der Waals surface area contributed by atoms with Crippen LogP contribution in [0.3, 0.4) is 0 Å². The van der Waals surface area contributed by atoms with Crippen molar-refractivity contribution in [2.45, 2.75) is 64.7 Å². The quantitative estimate of drug-likeness (QED) is 0.513. The monoisotopic (exact) mass is 360 g/mol. The van der Waals surface area contributed by atoms with Crippen LogP contribution in [0.15, 0.2) is 0 Å². The summed E-state index contributed by atoms with van der Waals surface area (Å²) in [6.45, 7) is 2.78. The largest absolute Gasteiger partial charge is 0.402 e. The molecular formula is C14H21F9. The van der Waals surface area contributed by atoms with Crippen LogP contribution < -0.4 is 0 Å². The van der Waals surface area contributed by atoms with Crippen molar-refractivity contribution in [1.82, 2.24) is 0 Å². The minimum Gasteiger partial charge on any atom is -0.269 e. The Hall–Kier alpha value is -0.630. The smallest absolute Gasteiger partial charge is 0.269 e. The molecule has 0 nitrogen and oxygen atoms in total. The fourth-order valence-electron chi connectivity index (χ4n) is 3.29. The zero-order valence-corrected chi connectivity index (χ0v) is 13.0. The molecule has 0 aliphatic heterocycles. The van der Waals surface area contributed by atoms with Gasteiger partial charge in [0.2, 0.25) is 0 Å². The maximum Gasteiger partial charge on any atom is 0.402 e. The predicted molar refractivity (Wildman–Crippen MR) is 68.0 cm³/mol. The summed E-state index contributed by atoms with van der Waals surface area (Å²) >= 11 is 0. The Kier molecular flexibility index (Phi) is 6.52. The van der Waals surface area contributed by atoms with Crippen LogP contribution in [0, 0.1) is 23.2 Å². The highest BCUT2D eigenvalue weighted by Gasteiger charge is 2.68. The summed E-state index contributed by atoms with van der Waals surface area (Å²) in [5.74, 6) is -6.46. The Morgan fingerprint density at radius 3 is 1.74 bits per heavy atom. The van der Waals surface area contributed by atoms with Crippen LogP contribution in [0.25, 0.3) is 0 Å². The molecule has 0 heterocycles. The average Bonchev–Trinajstić information content (AvgIpc) is 2.30. The molecule has 1 saturated carbocycles. The molecular weight excluding hydrogens is 339 g/mol. The van der Waals surface area contributed by atoms with E-state index >= 15 is 0 Å². The summed E-state index contributed by atoms with van der Waals surface area (Å²) in [6, 6.07) is 0. The first-order valence-electron chi connectivity index (χ1n) is 7.18. The fourth-order valence-corrected chi connectivity index (χ4v) is 3.29. The van der Waals surface area contributed by atoms with E-state index in [0.29, 0.717) is 0 Å². The van der Waals surface area contributed by atoms with Gasteiger partial charge in [-0.05, 0) is 38.5 Å². The molecule has 1 aliphatic carbocycles. The van der Waals surface area contributed by atoms with Crippen LogP contribution in [-0.4, -0.2) is 18.3 Å². The first-order valence-corrected chi connectivity index (χ1v) is 7.18. The van der Waals surface area contributed by atoms with Crippen molar-refractivity contribution in [2.24, 2.45) is 23.2 Å². The zero-order valence-electron chi connectivity index (χ0n) is 13.0. The van der Waals surface area contributed by atoms with E-state index in [-0.39, 0.29) is 30.9 Å². The van der Waals surface area contributed by atoms with Crippen LogP contribution in [0.4, 0.5) is 39.8 Å². The maximum atomic E-state index is 13.9. The van der Waals surface area contributed by atoms with E-state index in [0.717, 1.165) is 0 Å². The molecule has 0 aromatic carbocycles. The molecule has 0 N–H and O–H groups in total. The van der Waals surface area contributed by atoms with E-state index in [2.05, 4.69) is 0 Å². The van der Waals surface area contributed by atoms with Crippen LogP contribution in [0.2, 0.25) is 0 Å². The molecule has 23 heavy (non-hydrogen) atoms. The lowest BCUT2D eigenvalue weighted by Gasteiger charge is -2.44. The van der Waals surface area contributed by atoms with Crippen LogP contribution in [-0.2, 0) is 0 Å². The van der Waals surface area contributed by atoms with Crippen molar-refractivity contribution >= 4 is 0 Å². The Morgan fingerprint density at radius 1 is 0.957 bits per heavy atom. The van der Waals surface area contributed by atoms with Gasteiger partial charge in [0, 0.05) is 11.8 Å². The Labute approximate surface area is 129 Å². The summed E-state index contributed by atoms with van der Waals surface area (Å²) in [5, 5.41) is 0. The average molecular weight is 360 g/mol. The summed E-state index contributed by atoms with van der Waals surface area (Å²) in [5.41, 5.74) is -3.87. The van der Waals surface area contributed by atoms with Crippen molar-refractivity contribution < 1.29 is 39.8 Å². The van der Waals surface area contributed by atoms with Crippen LogP contribution >= 0.6 is 0 Å². The molecule has 1 rings (SSSR count). The molecule has 0 bridgehead atoms. The van der Waals surface area contributed by atoms with Gasteiger partial charge in [-0.2, -0.15) is 26.3 Å². The molecule has 3 atom stereocenters. The van der Waals surface area contributed by atoms with Crippen LogP contribution in [0.1, 0.15) is 46.5 Å². The predicted octanol–water partition coefficient (Wildman–Crippen LogP) is 6.37. The molecule has 1 aliphatic rings. The number of alkyl halides is 8. The third-order valence-electron chi connectivity index (χ3n) is 4.95. The lowest BCUT2D eigenvalue weighted by molar-refractivity contribution is -0.341. The normalized spacial score (nSPS) is 29.1. The molecule has 0 saturated heterocycles. The minimum absolute atomic E-state index is 0. The van der Waals surface area contributed by atoms with Gasteiger partial charge < -0.3 is 0 Å². The molecule has 0 aromatic rings. The van der Waals surface area contributed by atoms with Crippen LogP contribution in [0.5, 0.6) is 0 Å². The Bertz CT molecular complexity index is 369. The lowest BCUT2D eigenvalue weighted by Crippen LogP contribution is -2.50. The number of hydrogen-bond donors (Lipinski definition) is 0. The SMILES string of the molecule is CCC1CC(CC(C)(C(F)(F)F)C(F)(F)F)CC(C)C1(F)F.F. The molecule has 0 amide bonds. The topological polar surface area (TPSA) is 0 Å². The van der Waals surface area contributed by atoms with E-state index in [1.54, 1.807) is 0 Å². The van der Waals surface area contributed by atoms with Crippen molar-refractivity contribution in [2.75, 3.05) is 0 Å². The summed E-state index contributed by atoms with van der Waals surface area (Å²) in [4.78, 5) is 0. The minimum atomic E-state index is -5.46. The molecule has 140 valence electrons. The molecule has 0 spiro atoms. The first kappa shape index (κ1) is 22.4. The number of hydrogen-bond acceptors (Lipinski definition) is 0. The maximum absolute atomic E-state index is 13.9. The van der Waals surface area contributed by atoms with E-state index < -0.39 is 47.9 Å². The van der Waals surface area contributed by atoms with Gasteiger partial charge in [0.25, 0.3) is 5.92 Å². The highest BCUT2D eigenvalue weighted by atomic mass is 19.4. The standard InChI is InChI=1S/C14H20F8.FH/c1-4-10-6-9(5-8(2)12(10,15)16)7-11(3,13(17,18)19)14(20,21)22;/h8-10H,4-7H2,1-3H3;1H. The van der Waals surface area contributed by atoms with Crippen molar-refractivity contribution in [3.63, 3.8) is 0 Å². The Morgan fingerprint density at radius 2 is 1.39 bits per heavy atom. The van der Waals surface area contributed by atoms with Crippen molar-refractivity contribution in [1.29, 1.82) is 0 Å². The third-order valence-corrected chi connectivity index (χ3v) is 4.95. The molecule has 0 radical (unpaired) electrons. The molecule has 9 heteroatoms. The number of halogens is 9. The van der Waals surface area contributed by atoms with E-state index in [4.69, 9.17) is 0 Å². The second-order valence-corrected chi connectivity index (χ2v) is 6.55. The molecule has 0 aromatic heterocycles. The number of rotatable bonds is 3. The summed E-state index contributed by atoms with van der Waals surface area (Å²) in [6.07, 6.45) is -12.7. The van der Waals surface area contributed by atoms with Gasteiger partial charge in [0.05, 0.1) is 0 Å². The van der Waals surface area contributed by atoms with E-state index in [1.807, 2.05) is 0 Å².